The van der Waals surface area contributed by atoms with Gasteiger partial charge >= 0.3 is 6.09 Å². The number of hydrogen-bond donors (Lipinski definition) is 0. The van der Waals surface area contributed by atoms with Crippen LogP contribution in [-0.4, -0.2) is 76.9 Å². The van der Waals surface area contributed by atoms with E-state index in [1.165, 1.54) is 6.20 Å². The minimum Gasteiger partial charge on any atom is -0.475 e. The van der Waals surface area contributed by atoms with Crippen molar-refractivity contribution in [3.05, 3.63) is 23.9 Å². The van der Waals surface area contributed by atoms with E-state index < -0.39 is 5.60 Å². The van der Waals surface area contributed by atoms with Gasteiger partial charge in [0.15, 0.2) is 0 Å². The Morgan fingerprint density at radius 3 is 2.30 bits per heavy atom. The van der Waals surface area contributed by atoms with E-state index in [0.29, 0.717) is 44.3 Å². The predicted octanol–water partition coefficient (Wildman–Crippen LogP) is 3.36. The Kier molecular flexibility index (Phi) is 7.69. The molecule has 1 aromatic heterocycles. The lowest BCUT2D eigenvalue weighted by Crippen LogP contribution is -2.56. The molecule has 1 fully saturated rings. The Morgan fingerprint density at radius 1 is 1.07 bits per heavy atom. The van der Waals surface area contributed by atoms with E-state index in [9.17, 15) is 9.59 Å². The van der Waals surface area contributed by atoms with E-state index in [0.717, 1.165) is 0 Å². The molecular weight excluding hydrogens is 386 g/mol. The highest BCUT2D eigenvalue weighted by Crippen LogP contribution is 2.18. The summed E-state index contributed by atoms with van der Waals surface area (Å²) in [5.41, 5.74) is -0.260. The first kappa shape index (κ1) is 23.9. The maximum absolute atomic E-state index is 12.9. The zero-order chi connectivity index (χ0) is 22.5. The summed E-state index contributed by atoms with van der Waals surface area (Å²) in [4.78, 5) is 32.8. The normalized spacial score (nSPS) is 17.6. The molecule has 1 aliphatic rings. The van der Waals surface area contributed by atoms with Crippen molar-refractivity contribution in [1.82, 2.24) is 14.8 Å². The summed E-state index contributed by atoms with van der Waals surface area (Å²) in [6.07, 6.45) is 1.18. The van der Waals surface area contributed by atoms with Gasteiger partial charge in [0.05, 0.1) is 17.8 Å². The molecule has 8 nitrogen and oxygen atoms in total. The molecule has 2 heterocycles. The van der Waals surface area contributed by atoms with Gasteiger partial charge in [-0.1, -0.05) is 0 Å². The van der Waals surface area contributed by atoms with Gasteiger partial charge < -0.3 is 24.0 Å². The van der Waals surface area contributed by atoms with Crippen LogP contribution in [0, 0.1) is 0 Å². The van der Waals surface area contributed by atoms with E-state index in [2.05, 4.69) is 4.98 Å². The average Bonchev–Trinajstić information content (AvgIpc) is 2.63. The maximum Gasteiger partial charge on any atom is 0.410 e. The Morgan fingerprint density at radius 2 is 1.77 bits per heavy atom. The molecule has 1 unspecified atom stereocenters. The number of aromatic nitrogens is 1. The number of amides is 2. The molecule has 1 saturated heterocycles. The molecule has 0 aliphatic carbocycles. The molecule has 0 saturated carbocycles. The molecule has 30 heavy (non-hydrogen) atoms. The van der Waals surface area contributed by atoms with Crippen molar-refractivity contribution in [3.8, 4) is 5.88 Å². The van der Waals surface area contributed by atoms with Crippen molar-refractivity contribution >= 4 is 12.0 Å². The van der Waals surface area contributed by atoms with Crippen LogP contribution in [0.1, 0.15) is 58.8 Å². The second kappa shape index (κ2) is 9.64. The second-order valence-corrected chi connectivity index (χ2v) is 9.47. The lowest BCUT2D eigenvalue weighted by molar-refractivity contribution is -0.0168. The molecule has 1 aromatic rings. The number of rotatable bonds is 5. The van der Waals surface area contributed by atoms with Crippen molar-refractivity contribution in [2.75, 3.05) is 32.8 Å². The standard InChI is InChI=1S/C22H35N3O5/c1-16-15-24(20(27)30-22(5,6)7)10-11-25(16)19(26)17-8-9-18(23-14-17)28-12-13-29-21(2,3)4/h8-9,14,16H,10-13,15H2,1-7H3. The van der Waals surface area contributed by atoms with E-state index in [1.54, 1.807) is 21.9 Å². The molecule has 0 spiro atoms. The van der Waals surface area contributed by atoms with E-state index in [4.69, 9.17) is 14.2 Å². The fourth-order valence-electron chi connectivity index (χ4n) is 3.00. The summed E-state index contributed by atoms with van der Waals surface area (Å²) in [6.45, 7) is 15.6. The maximum atomic E-state index is 12.9. The summed E-state index contributed by atoms with van der Waals surface area (Å²) in [5.74, 6) is 0.341. The largest absolute Gasteiger partial charge is 0.475 e. The number of hydrogen-bond acceptors (Lipinski definition) is 6. The van der Waals surface area contributed by atoms with Gasteiger partial charge in [-0.25, -0.2) is 9.78 Å². The van der Waals surface area contributed by atoms with Gasteiger partial charge in [0.2, 0.25) is 5.88 Å². The molecule has 2 rings (SSSR count). The van der Waals surface area contributed by atoms with Crippen molar-refractivity contribution in [2.45, 2.75) is 65.7 Å². The summed E-state index contributed by atoms with van der Waals surface area (Å²) < 4.78 is 16.6. The van der Waals surface area contributed by atoms with Crippen molar-refractivity contribution in [1.29, 1.82) is 0 Å². The highest BCUT2D eigenvalue weighted by Gasteiger charge is 2.32. The highest BCUT2D eigenvalue weighted by molar-refractivity contribution is 5.94. The quantitative estimate of drug-likeness (QED) is 0.678. The van der Waals surface area contributed by atoms with Crippen LogP contribution in [-0.2, 0) is 9.47 Å². The van der Waals surface area contributed by atoms with Crippen LogP contribution >= 0.6 is 0 Å². The van der Waals surface area contributed by atoms with Crippen LogP contribution in [0.15, 0.2) is 18.3 Å². The van der Waals surface area contributed by atoms with Crippen molar-refractivity contribution < 1.29 is 23.8 Å². The van der Waals surface area contributed by atoms with Crippen LogP contribution in [0.25, 0.3) is 0 Å². The number of nitrogens with zero attached hydrogens (tertiary/aromatic N) is 3. The highest BCUT2D eigenvalue weighted by atomic mass is 16.6. The molecule has 1 aliphatic heterocycles. The molecule has 0 aromatic carbocycles. The summed E-state index contributed by atoms with van der Waals surface area (Å²) in [7, 11) is 0. The van der Waals surface area contributed by atoms with Crippen LogP contribution in [0.3, 0.4) is 0 Å². The predicted molar refractivity (Wildman–Crippen MR) is 114 cm³/mol. The van der Waals surface area contributed by atoms with E-state index in [1.807, 2.05) is 48.5 Å². The van der Waals surface area contributed by atoms with Gasteiger partial charge in [-0.05, 0) is 54.5 Å². The van der Waals surface area contributed by atoms with Crippen molar-refractivity contribution in [2.24, 2.45) is 0 Å². The molecule has 0 radical (unpaired) electrons. The zero-order valence-corrected chi connectivity index (χ0v) is 19.2. The first-order chi connectivity index (χ1) is 13.9. The molecule has 2 amide bonds. The number of pyridine rings is 1. The first-order valence-corrected chi connectivity index (χ1v) is 10.4. The van der Waals surface area contributed by atoms with Crippen LogP contribution in [0.5, 0.6) is 5.88 Å². The third-order valence-electron chi connectivity index (χ3n) is 4.39. The van der Waals surface area contributed by atoms with E-state index >= 15 is 0 Å². The topological polar surface area (TPSA) is 81.2 Å². The lowest BCUT2D eigenvalue weighted by Gasteiger charge is -2.40. The first-order valence-electron chi connectivity index (χ1n) is 10.4. The van der Waals surface area contributed by atoms with Gasteiger partial charge in [-0.3, -0.25) is 4.79 Å². The number of carbonyl (C=O) groups is 2. The summed E-state index contributed by atoms with van der Waals surface area (Å²) in [5, 5.41) is 0. The zero-order valence-electron chi connectivity index (χ0n) is 19.2. The van der Waals surface area contributed by atoms with E-state index in [-0.39, 0.29) is 23.6 Å². The molecule has 0 bridgehead atoms. The monoisotopic (exact) mass is 421 g/mol. The van der Waals surface area contributed by atoms with Gasteiger partial charge in [0.1, 0.15) is 12.2 Å². The summed E-state index contributed by atoms with van der Waals surface area (Å²) in [6, 6.07) is 3.28. The Hall–Kier alpha value is -2.35. The summed E-state index contributed by atoms with van der Waals surface area (Å²) >= 11 is 0. The molecule has 168 valence electrons. The Bertz CT molecular complexity index is 722. The van der Waals surface area contributed by atoms with Gasteiger partial charge in [-0.2, -0.15) is 0 Å². The fraction of sp³-hybridized carbons (Fsp3) is 0.682. The smallest absolute Gasteiger partial charge is 0.410 e. The Labute approximate surface area is 179 Å². The second-order valence-electron chi connectivity index (χ2n) is 9.47. The van der Waals surface area contributed by atoms with Gasteiger partial charge in [0.25, 0.3) is 5.91 Å². The Balaban J connectivity index is 1.87. The molecular formula is C22H35N3O5. The van der Waals surface area contributed by atoms with Crippen LogP contribution in [0.4, 0.5) is 4.79 Å². The fourth-order valence-corrected chi connectivity index (χ4v) is 3.00. The molecule has 1 atom stereocenters. The lowest BCUT2D eigenvalue weighted by atomic mass is 10.1. The molecule has 0 N–H and O–H groups in total. The SMILES string of the molecule is CC1CN(C(=O)OC(C)(C)C)CCN1C(=O)c1ccc(OCCOC(C)(C)C)nc1. The minimum atomic E-state index is -0.540. The average molecular weight is 422 g/mol. The van der Waals surface area contributed by atoms with Crippen LogP contribution in [0.2, 0.25) is 0 Å². The number of piperazine rings is 1. The minimum absolute atomic E-state index is 0.110. The number of ether oxygens (including phenoxy) is 3. The molecule has 8 heteroatoms. The van der Waals surface area contributed by atoms with Gasteiger partial charge in [0, 0.05) is 37.9 Å². The third-order valence-corrected chi connectivity index (χ3v) is 4.39. The van der Waals surface area contributed by atoms with Crippen LogP contribution < -0.4 is 4.74 Å². The van der Waals surface area contributed by atoms with Crippen molar-refractivity contribution in [3.63, 3.8) is 0 Å². The van der Waals surface area contributed by atoms with Gasteiger partial charge in [-0.15, -0.1) is 0 Å². The third kappa shape index (κ3) is 7.48. The number of carbonyl (C=O) groups excluding carboxylic acids is 2.